The van der Waals surface area contributed by atoms with Crippen LogP contribution in [0.15, 0.2) is 11.1 Å². The van der Waals surface area contributed by atoms with E-state index in [2.05, 4.69) is 10.2 Å². The highest BCUT2D eigenvalue weighted by atomic mass is 35.5. The fourth-order valence-electron chi connectivity index (χ4n) is 1.83. The predicted octanol–water partition coefficient (Wildman–Crippen LogP) is 0.491. The Balaban J connectivity index is 2.67. The quantitative estimate of drug-likeness (QED) is 0.786. The standard InChI is InChI=1S/C11H20ClN3O/c1-9(6-12)8-15-5-4-13-7-10(15)11(16)14(2)3/h6,10,13H,4-5,7-8H2,1-3H3. The van der Waals surface area contributed by atoms with Gasteiger partial charge in [-0.2, -0.15) is 0 Å². The second-order valence-electron chi connectivity index (χ2n) is 4.38. The van der Waals surface area contributed by atoms with Crippen LogP contribution in [0.4, 0.5) is 0 Å². The minimum atomic E-state index is -0.0738. The molecule has 0 aromatic rings. The van der Waals surface area contributed by atoms with Crippen molar-refractivity contribution in [3.8, 4) is 0 Å². The summed E-state index contributed by atoms with van der Waals surface area (Å²) in [6, 6.07) is -0.0738. The van der Waals surface area contributed by atoms with Crippen molar-refractivity contribution in [2.75, 3.05) is 40.3 Å². The van der Waals surface area contributed by atoms with Crippen LogP contribution in [-0.4, -0.2) is 62.0 Å². The summed E-state index contributed by atoms with van der Waals surface area (Å²) in [5, 5.41) is 3.25. The Labute approximate surface area is 102 Å². The molecule has 0 saturated carbocycles. The SMILES string of the molecule is CC(=CCl)CN1CCNCC1C(=O)N(C)C. The average molecular weight is 246 g/mol. The fourth-order valence-corrected chi connectivity index (χ4v) is 1.90. The van der Waals surface area contributed by atoms with Crippen LogP contribution in [0.3, 0.4) is 0 Å². The van der Waals surface area contributed by atoms with E-state index in [1.54, 1.807) is 24.5 Å². The lowest BCUT2D eigenvalue weighted by Crippen LogP contribution is -2.57. The normalized spacial score (nSPS) is 23.2. The molecule has 1 aliphatic rings. The van der Waals surface area contributed by atoms with Gasteiger partial charge in [0.05, 0.1) is 0 Å². The van der Waals surface area contributed by atoms with Gasteiger partial charge in [-0.1, -0.05) is 11.6 Å². The van der Waals surface area contributed by atoms with Crippen LogP contribution in [0.25, 0.3) is 0 Å². The number of carbonyl (C=O) groups excluding carboxylic acids is 1. The number of hydrogen-bond donors (Lipinski definition) is 1. The highest BCUT2D eigenvalue weighted by Crippen LogP contribution is 2.09. The van der Waals surface area contributed by atoms with Crippen molar-refractivity contribution >= 4 is 17.5 Å². The minimum absolute atomic E-state index is 0.0738. The van der Waals surface area contributed by atoms with Gasteiger partial charge in [0.2, 0.25) is 5.91 Å². The Morgan fingerprint density at radius 3 is 2.88 bits per heavy atom. The van der Waals surface area contributed by atoms with Gasteiger partial charge in [0.25, 0.3) is 0 Å². The second kappa shape index (κ2) is 6.23. The molecule has 1 rings (SSSR count). The molecule has 1 N–H and O–H groups in total. The molecule has 1 fully saturated rings. The van der Waals surface area contributed by atoms with Crippen molar-refractivity contribution in [2.45, 2.75) is 13.0 Å². The smallest absolute Gasteiger partial charge is 0.240 e. The molecule has 0 bridgehead atoms. The van der Waals surface area contributed by atoms with Crippen LogP contribution in [0, 0.1) is 0 Å². The summed E-state index contributed by atoms with van der Waals surface area (Å²) in [4.78, 5) is 15.8. The number of likely N-dealkylation sites (N-methyl/N-ethyl adjacent to an activating group) is 1. The number of nitrogens with zero attached hydrogens (tertiary/aromatic N) is 2. The molecule has 1 aliphatic heterocycles. The van der Waals surface area contributed by atoms with E-state index in [4.69, 9.17) is 11.6 Å². The number of amides is 1. The molecular weight excluding hydrogens is 226 g/mol. The number of rotatable bonds is 3. The van der Waals surface area contributed by atoms with Gasteiger partial charge in [0, 0.05) is 45.8 Å². The first-order valence-corrected chi connectivity index (χ1v) is 5.91. The van der Waals surface area contributed by atoms with E-state index in [1.165, 1.54) is 0 Å². The third-order valence-electron chi connectivity index (χ3n) is 2.72. The minimum Gasteiger partial charge on any atom is -0.347 e. The Kier molecular flexibility index (Phi) is 5.25. The Morgan fingerprint density at radius 2 is 2.31 bits per heavy atom. The van der Waals surface area contributed by atoms with Crippen LogP contribution in [0.5, 0.6) is 0 Å². The Hall–Kier alpha value is -0.580. The number of carbonyl (C=O) groups is 1. The van der Waals surface area contributed by atoms with Crippen LogP contribution >= 0.6 is 11.6 Å². The number of halogens is 1. The van der Waals surface area contributed by atoms with Gasteiger partial charge < -0.3 is 10.2 Å². The molecule has 0 radical (unpaired) electrons. The summed E-state index contributed by atoms with van der Waals surface area (Å²) in [6.07, 6.45) is 0. The van der Waals surface area contributed by atoms with Gasteiger partial charge in [-0.15, -0.1) is 0 Å². The lowest BCUT2D eigenvalue weighted by molar-refractivity contribution is -0.134. The van der Waals surface area contributed by atoms with E-state index < -0.39 is 0 Å². The molecule has 1 heterocycles. The first-order chi connectivity index (χ1) is 7.56. The summed E-state index contributed by atoms with van der Waals surface area (Å²) in [6.45, 7) is 5.26. The van der Waals surface area contributed by atoms with Crippen LogP contribution in [0.2, 0.25) is 0 Å². The number of nitrogens with one attached hydrogen (secondary N) is 1. The van der Waals surface area contributed by atoms with Crippen LogP contribution in [0.1, 0.15) is 6.92 Å². The lowest BCUT2D eigenvalue weighted by atomic mass is 10.1. The molecule has 4 nitrogen and oxygen atoms in total. The van der Waals surface area contributed by atoms with Crippen molar-refractivity contribution in [1.82, 2.24) is 15.1 Å². The first kappa shape index (κ1) is 13.5. The highest BCUT2D eigenvalue weighted by Gasteiger charge is 2.29. The predicted molar refractivity (Wildman–Crippen MR) is 66.5 cm³/mol. The maximum absolute atomic E-state index is 12.0. The molecule has 0 aromatic carbocycles. The summed E-state index contributed by atoms with van der Waals surface area (Å²) in [5.41, 5.74) is 2.67. The molecule has 1 unspecified atom stereocenters. The molecule has 92 valence electrons. The van der Waals surface area contributed by atoms with Crippen molar-refractivity contribution in [2.24, 2.45) is 0 Å². The summed E-state index contributed by atoms with van der Waals surface area (Å²) in [7, 11) is 3.58. The summed E-state index contributed by atoms with van der Waals surface area (Å²) in [5.74, 6) is 0.148. The molecule has 1 atom stereocenters. The van der Waals surface area contributed by atoms with Crippen molar-refractivity contribution in [1.29, 1.82) is 0 Å². The molecule has 0 aliphatic carbocycles. The maximum Gasteiger partial charge on any atom is 0.240 e. The van der Waals surface area contributed by atoms with Gasteiger partial charge in [0.15, 0.2) is 0 Å². The zero-order chi connectivity index (χ0) is 12.1. The van der Waals surface area contributed by atoms with Gasteiger partial charge >= 0.3 is 0 Å². The van der Waals surface area contributed by atoms with E-state index in [1.807, 2.05) is 6.92 Å². The highest BCUT2D eigenvalue weighted by molar-refractivity contribution is 6.25. The van der Waals surface area contributed by atoms with E-state index in [0.717, 1.165) is 25.2 Å². The molecule has 0 spiro atoms. The topological polar surface area (TPSA) is 35.6 Å². The zero-order valence-corrected chi connectivity index (χ0v) is 10.9. The number of hydrogen-bond acceptors (Lipinski definition) is 3. The van der Waals surface area contributed by atoms with Crippen LogP contribution in [-0.2, 0) is 4.79 Å². The molecule has 5 heteroatoms. The van der Waals surface area contributed by atoms with E-state index in [-0.39, 0.29) is 11.9 Å². The average Bonchev–Trinajstić information content (AvgIpc) is 2.28. The molecule has 0 aromatic heterocycles. The third-order valence-corrected chi connectivity index (χ3v) is 3.09. The Morgan fingerprint density at radius 1 is 1.62 bits per heavy atom. The van der Waals surface area contributed by atoms with Crippen molar-refractivity contribution < 1.29 is 4.79 Å². The first-order valence-electron chi connectivity index (χ1n) is 5.48. The summed E-state index contributed by atoms with van der Waals surface area (Å²) >= 11 is 5.66. The van der Waals surface area contributed by atoms with E-state index >= 15 is 0 Å². The van der Waals surface area contributed by atoms with Gasteiger partial charge in [-0.05, 0) is 12.5 Å². The summed E-state index contributed by atoms with van der Waals surface area (Å²) < 4.78 is 0. The van der Waals surface area contributed by atoms with Crippen molar-refractivity contribution in [3.63, 3.8) is 0 Å². The molecular formula is C11H20ClN3O. The maximum atomic E-state index is 12.0. The zero-order valence-electron chi connectivity index (χ0n) is 10.2. The fraction of sp³-hybridized carbons (Fsp3) is 0.727. The second-order valence-corrected chi connectivity index (χ2v) is 4.60. The van der Waals surface area contributed by atoms with Gasteiger partial charge in [-0.25, -0.2) is 0 Å². The number of piperazine rings is 1. The molecule has 16 heavy (non-hydrogen) atoms. The molecule has 1 saturated heterocycles. The van der Waals surface area contributed by atoms with Gasteiger partial charge in [-0.3, -0.25) is 9.69 Å². The molecule has 1 amide bonds. The van der Waals surface area contributed by atoms with E-state index in [9.17, 15) is 4.79 Å². The Bertz CT molecular complexity index is 278. The lowest BCUT2D eigenvalue weighted by Gasteiger charge is -2.36. The van der Waals surface area contributed by atoms with Crippen LogP contribution < -0.4 is 5.32 Å². The van der Waals surface area contributed by atoms with E-state index in [0.29, 0.717) is 6.54 Å². The van der Waals surface area contributed by atoms with Crippen molar-refractivity contribution in [3.05, 3.63) is 11.1 Å². The third kappa shape index (κ3) is 3.47. The largest absolute Gasteiger partial charge is 0.347 e. The van der Waals surface area contributed by atoms with Gasteiger partial charge in [0.1, 0.15) is 6.04 Å². The monoisotopic (exact) mass is 245 g/mol.